The molecule has 4 rings (SSSR count). The summed E-state index contributed by atoms with van der Waals surface area (Å²) in [5.41, 5.74) is 1.15. The third-order valence-electron chi connectivity index (χ3n) is 3.86. The van der Waals surface area contributed by atoms with Gasteiger partial charge >= 0.3 is 5.69 Å². The highest BCUT2D eigenvalue weighted by molar-refractivity contribution is 5.42. The Hall–Kier alpha value is -3.82. The van der Waals surface area contributed by atoms with Gasteiger partial charge in [0.05, 0.1) is 12.2 Å². The molecule has 27 heavy (non-hydrogen) atoms. The van der Waals surface area contributed by atoms with Gasteiger partial charge in [-0.15, -0.1) is 5.10 Å². The van der Waals surface area contributed by atoms with Crippen LogP contribution in [0.3, 0.4) is 0 Å². The van der Waals surface area contributed by atoms with Crippen molar-refractivity contribution in [1.29, 1.82) is 0 Å². The standard InChI is InChI=1S/C17H15FN8O/c18-12-6-8-13(9-7-12)19-10-15-20-17(27)25(22-15)11-16-21-23-24-26(16)14-4-2-1-3-5-14/h1-9,19H,10-11H2,(H,20,22,27). The first-order chi connectivity index (χ1) is 13.2. The number of nitrogens with zero attached hydrogens (tertiary/aromatic N) is 6. The second kappa shape index (κ2) is 7.20. The lowest BCUT2D eigenvalue weighted by Gasteiger charge is -2.04. The lowest BCUT2D eigenvalue weighted by atomic mass is 10.3. The highest BCUT2D eigenvalue weighted by Crippen LogP contribution is 2.09. The van der Waals surface area contributed by atoms with Crippen molar-refractivity contribution in [2.75, 3.05) is 5.32 Å². The largest absolute Gasteiger partial charge is 0.378 e. The fraction of sp³-hybridized carbons (Fsp3) is 0.118. The van der Waals surface area contributed by atoms with Gasteiger partial charge in [-0.2, -0.15) is 9.78 Å². The number of hydrogen-bond donors (Lipinski definition) is 2. The predicted molar refractivity (Wildman–Crippen MR) is 94.8 cm³/mol. The number of anilines is 1. The molecule has 10 heteroatoms. The average molecular weight is 366 g/mol. The molecule has 2 N–H and O–H groups in total. The molecule has 0 amide bonds. The molecule has 9 nitrogen and oxygen atoms in total. The summed E-state index contributed by atoms with van der Waals surface area (Å²) in [7, 11) is 0. The molecule has 0 radical (unpaired) electrons. The molecule has 0 atom stereocenters. The quantitative estimate of drug-likeness (QED) is 0.533. The third-order valence-corrected chi connectivity index (χ3v) is 3.86. The zero-order valence-electron chi connectivity index (χ0n) is 14.1. The van der Waals surface area contributed by atoms with E-state index in [0.717, 1.165) is 11.4 Å². The molecule has 136 valence electrons. The monoisotopic (exact) mass is 366 g/mol. The number of para-hydroxylation sites is 1. The van der Waals surface area contributed by atoms with Gasteiger partial charge in [-0.05, 0) is 46.8 Å². The second-order valence-electron chi connectivity index (χ2n) is 5.74. The molecule has 2 aromatic carbocycles. The Labute approximate surface area is 152 Å². The summed E-state index contributed by atoms with van der Waals surface area (Å²) in [6.07, 6.45) is 0. The summed E-state index contributed by atoms with van der Waals surface area (Å²) >= 11 is 0. The predicted octanol–water partition coefficient (Wildman–Crippen LogP) is 1.35. The summed E-state index contributed by atoms with van der Waals surface area (Å²) in [6, 6.07) is 15.3. The highest BCUT2D eigenvalue weighted by Gasteiger charge is 2.12. The number of H-pyrrole nitrogens is 1. The van der Waals surface area contributed by atoms with Crippen molar-refractivity contribution < 1.29 is 4.39 Å². The van der Waals surface area contributed by atoms with Crippen LogP contribution in [0.4, 0.5) is 10.1 Å². The number of tetrazole rings is 1. The lowest BCUT2D eigenvalue weighted by Crippen LogP contribution is -2.21. The zero-order chi connectivity index (χ0) is 18.6. The molecule has 4 aromatic rings. The van der Waals surface area contributed by atoms with Crippen LogP contribution in [0.2, 0.25) is 0 Å². The number of rotatable bonds is 6. The van der Waals surface area contributed by atoms with Gasteiger partial charge in [0.25, 0.3) is 0 Å². The van der Waals surface area contributed by atoms with Crippen LogP contribution in [0.15, 0.2) is 59.4 Å². The minimum Gasteiger partial charge on any atom is -0.378 e. The first-order valence-electron chi connectivity index (χ1n) is 8.17. The maximum atomic E-state index is 12.9. The van der Waals surface area contributed by atoms with E-state index in [9.17, 15) is 9.18 Å². The number of benzene rings is 2. The van der Waals surface area contributed by atoms with Crippen LogP contribution in [0.5, 0.6) is 0 Å². The van der Waals surface area contributed by atoms with E-state index in [1.54, 1.807) is 16.8 Å². The Bertz CT molecular complexity index is 1080. The number of aromatic nitrogens is 7. The lowest BCUT2D eigenvalue weighted by molar-refractivity contribution is 0.609. The Morgan fingerprint density at radius 1 is 1.07 bits per heavy atom. The van der Waals surface area contributed by atoms with Gasteiger partial charge in [-0.3, -0.25) is 4.98 Å². The molecular formula is C17H15FN8O. The van der Waals surface area contributed by atoms with Crippen molar-refractivity contribution in [3.05, 3.63) is 82.5 Å². The van der Waals surface area contributed by atoms with Crippen molar-refractivity contribution in [3.63, 3.8) is 0 Å². The van der Waals surface area contributed by atoms with Crippen LogP contribution in [0, 0.1) is 5.82 Å². The molecule has 0 fully saturated rings. The van der Waals surface area contributed by atoms with E-state index >= 15 is 0 Å². The van der Waals surface area contributed by atoms with Gasteiger partial charge in [0.2, 0.25) is 0 Å². The SMILES string of the molecule is O=c1[nH]c(CNc2ccc(F)cc2)nn1Cc1nnnn1-c1ccccc1. The number of halogens is 1. The van der Waals surface area contributed by atoms with Crippen LogP contribution in [0.25, 0.3) is 5.69 Å². The van der Waals surface area contributed by atoms with Gasteiger partial charge in [0.15, 0.2) is 5.82 Å². The fourth-order valence-corrected chi connectivity index (χ4v) is 2.55. The Morgan fingerprint density at radius 3 is 2.63 bits per heavy atom. The van der Waals surface area contributed by atoms with E-state index in [-0.39, 0.29) is 24.6 Å². The first-order valence-corrected chi connectivity index (χ1v) is 8.17. The van der Waals surface area contributed by atoms with Gasteiger partial charge in [0, 0.05) is 5.69 Å². The zero-order valence-corrected chi connectivity index (χ0v) is 14.1. The van der Waals surface area contributed by atoms with Crippen LogP contribution in [0.1, 0.15) is 11.6 Å². The van der Waals surface area contributed by atoms with Crippen molar-refractivity contribution in [2.45, 2.75) is 13.1 Å². The molecule has 2 aromatic heterocycles. The van der Waals surface area contributed by atoms with Crippen molar-refractivity contribution in [2.24, 2.45) is 0 Å². The summed E-state index contributed by atoms with van der Waals surface area (Å²) in [4.78, 5) is 14.8. The molecular weight excluding hydrogens is 351 g/mol. The van der Waals surface area contributed by atoms with Gasteiger partial charge < -0.3 is 5.32 Å². The highest BCUT2D eigenvalue weighted by atomic mass is 19.1. The van der Waals surface area contributed by atoms with Crippen molar-refractivity contribution in [1.82, 2.24) is 35.0 Å². The van der Waals surface area contributed by atoms with Gasteiger partial charge in [-0.25, -0.2) is 13.9 Å². The van der Waals surface area contributed by atoms with Gasteiger partial charge in [0.1, 0.15) is 18.2 Å². The summed E-state index contributed by atoms with van der Waals surface area (Å²) < 4.78 is 15.7. The van der Waals surface area contributed by atoms with Crippen LogP contribution in [-0.2, 0) is 13.1 Å². The molecule has 0 unspecified atom stereocenters. The summed E-state index contributed by atoms with van der Waals surface area (Å²) in [6.45, 7) is 0.408. The van der Waals surface area contributed by atoms with E-state index in [0.29, 0.717) is 11.6 Å². The van der Waals surface area contributed by atoms with E-state index in [2.05, 4.69) is 30.9 Å². The molecule has 0 aliphatic heterocycles. The van der Waals surface area contributed by atoms with Gasteiger partial charge in [-0.1, -0.05) is 18.2 Å². The van der Waals surface area contributed by atoms with E-state index in [4.69, 9.17) is 0 Å². The van der Waals surface area contributed by atoms with Crippen molar-refractivity contribution in [3.8, 4) is 5.69 Å². The van der Waals surface area contributed by atoms with Crippen LogP contribution >= 0.6 is 0 Å². The molecule has 0 bridgehead atoms. The second-order valence-corrected chi connectivity index (χ2v) is 5.74. The first kappa shape index (κ1) is 16.6. The number of hydrogen-bond acceptors (Lipinski definition) is 6. The molecule has 0 aliphatic rings. The summed E-state index contributed by atoms with van der Waals surface area (Å²) in [5, 5.41) is 18.9. The maximum absolute atomic E-state index is 12.9. The van der Waals surface area contributed by atoms with Crippen molar-refractivity contribution >= 4 is 5.69 Å². The molecule has 0 spiro atoms. The number of nitrogens with one attached hydrogen (secondary N) is 2. The normalized spacial score (nSPS) is 10.9. The minimum absolute atomic E-state index is 0.119. The van der Waals surface area contributed by atoms with E-state index in [1.807, 2.05) is 30.3 Å². The average Bonchev–Trinajstić information content (AvgIpc) is 3.29. The Balaban J connectivity index is 1.49. The van der Waals surface area contributed by atoms with Crippen LogP contribution in [-0.4, -0.2) is 35.0 Å². The maximum Gasteiger partial charge on any atom is 0.343 e. The smallest absolute Gasteiger partial charge is 0.343 e. The minimum atomic E-state index is -0.367. The molecule has 0 saturated heterocycles. The number of aromatic amines is 1. The third kappa shape index (κ3) is 3.73. The molecule has 0 aliphatic carbocycles. The Morgan fingerprint density at radius 2 is 1.85 bits per heavy atom. The van der Waals surface area contributed by atoms with E-state index < -0.39 is 0 Å². The summed E-state index contributed by atoms with van der Waals surface area (Å²) in [5.74, 6) is 0.616. The van der Waals surface area contributed by atoms with Crippen LogP contribution < -0.4 is 11.0 Å². The van der Waals surface area contributed by atoms with E-state index in [1.165, 1.54) is 16.8 Å². The topological polar surface area (TPSA) is 106 Å². The fourth-order valence-electron chi connectivity index (χ4n) is 2.55. The molecule has 2 heterocycles. The molecule has 0 saturated carbocycles. The Kier molecular flexibility index (Phi) is 4.44.